The number of nitriles is 1. The van der Waals surface area contributed by atoms with Crippen molar-refractivity contribution in [2.75, 3.05) is 18.0 Å². The fraction of sp³-hybridized carbons (Fsp3) is 0.462. The summed E-state index contributed by atoms with van der Waals surface area (Å²) in [4.78, 5) is 1.85. The van der Waals surface area contributed by atoms with Gasteiger partial charge in [-0.3, -0.25) is 0 Å². The number of nitrogens with two attached hydrogens (primary N) is 1. The van der Waals surface area contributed by atoms with Gasteiger partial charge >= 0.3 is 0 Å². The Morgan fingerprint density at radius 2 is 2.24 bits per heavy atom. The molecule has 0 fully saturated rings. The van der Waals surface area contributed by atoms with Crippen molar-refractivity contribution < 1.29 is 4.39 Å². The zero-order chi connectivity index (χ0) is 12.8. The van der Waals surface area contributed by atoms with E-state index < -0.39 is 0 Å². The van der Waals surface area contributed by atoms with Crippen LogP contribution in [-0.4, -0.2) is 13.1 Å². The molecule has 4 heteroatoms. The maximum atomic E-state index is 13.9. The maximum absolute atomic E-state index is 13.9. The van der Waals surface area contributed by atoms with Crippen molar-refractivity contribution in [1.82, 2.24) is 0 Å². The third-order valence-electron chi connectivity index (χ3n) is 2.71. The summed E-state index contributed by atoms with van der Waals surface area (Å²) in [6.45, 7) is 4.98. The third kappa shape index (κ3) is 3.43. The van der Waals surface area contributed by atoms with Crippen LogP contribution in [0.5, 0.6) is 0 Å². The zero-order valence-electron chi connectivity index (χ0n) is 10.3. The standard InChI is InChI=1S/C13H18FN3/c1-3-17(8-4-7-15)13-6-5-11(10(2)16)9-12(13)14/h5-6,9-10H,3-4,8,16H2,1-2H3/t10-/m1/s1. The van der Waals surface area contributed by atoms with Crippen LogP contribution in [-0.2, 0) is 0 Å². The van der Waals surface area contributed by atoms with E-state index in [2.05, 4.69) is 6.07 Å². The Balaban J connectivity index is 2.93. The number of rotatable bonds is 5. The van der Waals surface area contributed by atoms with Crippen molar-refractivity contribution in [1.29, 1.82) is 5.26 Å². The van der Waals surface area contributed by atoms with E-state index in [1.807, 2.05) is 24.8 Å². The van der Waals surface area contributed by atoms with E-state index in [1.54, 1.807) is 6.07 Å². The molecule has 1 aromatic carbocycles. The molecule has 0 aliphatic heterocycles. The summed E-state index contributed by atoms with van der Waals surface area (Å²) in [5.41, 5.74) is 7.01. The van der Waals surface area contributed by atoms with Gasteiger partial charge < -0.3 is 10.6 Å². The van der Waals surface area contributed by atoms with Gasteiger partial charge in [0.15, 0.2) is 0 Å². The highest BCUT2D eigenvalue weighted by Crippen LogP contribution is 2.22. The largest absolute Gasteiger partial charge is 0.368 e. The lowest BCUT2D eigenvalue weighted by Crippen LogP contribution is -2.24. The molecule has 1 rings (SSSR count). The van der Waals surface area contributed by atoms with Gasteiger partial charge in [-0.05, 0) is 31.5 Å². The highest BCUT2D eigenvalue weighted by Gasteiger charge is 2.11. The van der Waals surface area contributed by atoms with Gasteiger partial charge in [-0.1, -0.05) is 6.07 Å². The lowest BCUT2D eigenvalue weighted by molar-refractivity contribution is 0.613. The summed E-state index contributed by atoms with van der Waals surface area (Å²) in [7, 11) is 0. The first kappa shape index (κ1) is 13.5. The molecular formula is C13H18FN3. The molecule has 0 saturated heterocycles. The summed E-state index contributed by atoms with van der Waals surface area (Å²) >= 11 is 0. The van der Waals surface area contributed by atoms with Gasteiger partial charge in [0, 0.05) is 19.1 Å². The van der Waals surface area contributed by atoms with Crippen LogP contribution in [0.25, 0.3) is 0 Å². The fourth-order valence-electron chi connectivity index (χ4n) is 1.70. The van der Waals surface area contributed by atoms with E-state index in [-0.39, 0.29) is 11.9 Å². The predicted octanol–water partition coefficient (Wildman–Crippen LogP) is 2.59. The van der Waals surface area contributed by atoms with Crippen LogP contribution >= 0.6 is 0 Å². The monoisotopic (exact) mass is 235 g/mol. The quantitative estimate of drug-likeness (QED) is 0.853. The van der Waals surface area contributed by atoms with Gasteiger partial charge in [0.25, 0.3) is 0 Å². The molecular weight excluding hydrogens is 217 g/mol. The van der Waals surface area contributed by atoms with E-state index in [9.17, 15) is 4.39 Å². The molecule has 0 saturated carbocycles. The average molecular weight is 235 g/mol. The fourth-order valence-corrected chi connectivity index (χ4v) is 1.70. The minimum Gasteiger partial charge on any atom is -0.368 e. The molecule has 92 valence electrons. The first-order valence-corrected chi connectivity index (χ1v) is 5.77. The van der Waals surface area contributed by atoms with Crippen molar-refractivity contribution in [3.63, 3.8) is 0 Å². The van der Waals surface area contributed by atoms with E-state index in [1.165, 1.54) is 6.07 Å². The van der Waals surface area contributed by atoms with Crippen LogP contribution in [0, 0.1) is 17.1 Å². The molecule has 1 atom stereocenters. The Labute approximate surface area is 102 Å². The van der Waals surface area contributed by atoms with Gasteiger partial charge in [-0.15, -0.1) is 0 Å². The molecule has 0 radical (unpaired) electrons. The van der Waals surface area contributed by atoms with Crippen LogP contribution in [0.1, 0.15) is 31.9 Å². The van der Waals surface area contributed by atoms with Crippen LogP contribution in [0.4, 0.5) is 10.1 Å². The number of hydrogen-bond donors (Lipinski definition) is 1. The second-order valence-electron chi connectivity index (χ2n) is 3.99. The summed E-state index contributed by atoms with van der Waals surface area (Å²) in [6.07, 6.45) is 0.391. The Kier molecular flexibility index (Phi) is 4.92. The molecule has 0 amide bonds. The smallest absolute Gasteiger partial charge is 0.146 e. The van der Waals surface area contributed by atoms with Crippen molar-refractivity contribution >= 4 is 5.69 Å². The second-order valence-corrected chi connectivity index (χ2v) is 3.99. The molecule has 1 aromatic rings. The van der Waals surface area contributed by atoms with Gasteiger partial charge in [0.05, 0.1) is 18.2 Å². The summed E-state index contributed by atoms with van der Waals surface area (Å²) in [6, 6.07) is 6.92. The van der Waals surface area contributed by atoms with Crippen LogP contribution in [0.2, 0.25) is 0 Å². The lowest BCUT2D eigenvalue weighted by Gasteiger charge is -2.23. The molecule has 2 N–H and O–H groups in total. The van der Waals surface area contributed by atoms with Crippen LogP contribution in [0.15, 0.2) is 18.2 Å². The first-order chi connectivity index (χ1) is 8.10. The van der Waals surface area contributed by atoms with Gasteiger partial charge in [0.2, 0.25) is 0 Å². The second kappa shape index (κ2) is 6.21. The topological polar surface area (TPSA) is 53.0 Å². The normalized spacial score (nSPS) is 11.9. The van der Waals surface area contributed by atoms with Crippen molar-refractivity contribution in [2.45, 2.75) is 26.3 Å². The van der Waals surface area contributed by atoms with Crippen LogP contribution in [0.3, 0.4) is 0 Å². The SMILES string of the molecule is CCN(CCC#N)c1ccc([C@@H](C)N)cc1F. The number of halogens is 1. The molecule has 0 aliphatic carbocycles. The molecule has 0 aliphatic rings. The van der Waals surface area contributed by atoms with E-state index in [4.69, 9.17) is 11.0 Å². The van der Waals surface area contributed by atoms with E-state index in [0.29, 0.717) is 25.2 Å². The summed E-state index contributed by atoms with van der Waals surface area (Å²) in [5.74, 6) is -0.278. The van der Waals surface area contributed by atoms with Crippen LogP contribution < -0.4 is 10.6 Å². The molecule has 0 unspecified atom stereocenters. The highest BCUT2D eigenvalue weighted by molar-refractivity contribution is 5.49. The van der Waals surface area contributed by atoms with Gasteiger partial charge in [0.1, 0.15) is 5.82 Å². The minimum atomic E-state index is -0.278. The zero-order valence-corrected chi connectivity index (χ0v) is 10.3. The Bertz CT molecular complexity index is 410. The molecule has 0 heterocycles. The molecule has 0 bridgehead atoms. The molecule has 0 spiro atoms. The van der Waals surface area contributed by atoms with Crippen molar-refractivity contribution in [3.05, 3.63) is 29.6 Å². The lowest BCUT2D eigenvalue weighted by atomic mass is 10.1. The number of benzene rings is 1. The first-order valence-electron chi connectivity index (χ1n) is 5.77. The van der Waals surface area contributed by atoms with Gasteiger partial charge in [-0.25, -0.2) is 4.39 Å². The summed E-state index contributed by atoms with van der Waals surface area (Å²) < 4.78 is 13.9. The predicted molar refractivity (Wildman–Crippen MR) is 67.1 cm³/mol. The van der Waals surface area contributed by atoms with Gasteiger partial charge in [-0.2, -0.15) is 5.26 Å². The molecule has 17 heavy (non-hydrogen) atoms. The Morgan fingerprint density at radius 1 is 1.53 bits per heavy atom. The highest BCUT2D eigenvalue weighted by atomic mass is 19.1. The molecule has 0 aromatic heterocycles. The number of hydrogen-bond acceptors (Lipinski definition) is 3. The Morgan fingerprint density at radius 3 is 2.71 bits per heavy atom. The van der Waals surface area contributed by atoms with E-state index in [0.717, 1.165) is 5.56 Å². The number of anilines is 1. The van der Waals surface area contributed by atoms with Crippen molar-refractivity contribution in [2.24, 2.45) is 5.73 Å². The van der Waals surface area contributed by atoms with Crippen molar-refractivity contribution in [3.8, 4) is 6.07 Å². The third-order valence-corrected chi connectivity index (χ3v) is 2.71. The summed E-state index contributed by atoms with van der Waals surface area (Å²) in [5, 5.41) is 8.56. The van der Waals surface area contributed by atoms with E-state index >= 15 is 0 Å². The number of nitrogens with zero attached hydrogens (tertiary/aromatic N) is 2. The Hall–Kier alpha value is -1.60. The minimum absolute atomic E-state index is 0.173. The maximum Gasteiger partial charge on any atom is 0.146 e. The average Bonchev–Trinajstić information content (AvgIpc) is 2.31. The molecule has 3 nitrogen and oxygen atoms in total.